The molecule has 0 unspecified atom stereocenters. The van der Waals surface area contributed by atoms with Crippen molar-refractivity contribution in [3.05, 3.63) is 52.6 Å². The van der Waals surface area contributed by atoms with Gasteiger partial charge in [-0.25, -0.2) is 9.97 Å². The van der Waals surface area contributed by atoms with Gasteiger partial charge in [0.15, 0.2) is 0 Å². The van der Waals surface area contributed by atoms with Gasteiger partial charge in [-0.05, 0) is 50.5 Å². The summed E-state index contributed by atoms with van der Waals surface area (Å²) in [6.45, 7) is 5.92. The molecule has 1 saturated heterocycles. The van der Waals surface area contributed by atoms with Crippen LogP contribution in [0, 0.1) is 6.92 Å². The number of likely N-dealkylation sites (tertiary alicyclic amines) is 1. The van der Waals surface area contributed by atoms with Crippen molar-refractivity contribution in [3.8, 4) is 5.75 Å². The summed E-state index contributed by atoms with van der Waals surface area (Å²) < 4.78 is 5.42. The van der Waals surface area contributed by atoms with Gasteiger partial charge in [0, 0.05) is 36.5 Å². The van der Waals surface area contributed by atoms with Crippen LogP contribution in [0.5, 0.6) is 5.75 Å². The molecule has 1 amide bonds. The van der Waals surface area contributed by atoms with Crippen LogP contribution >= 0.6 is 11.6 Å². The zero-order valence-electron chi connectivity index (χ0n) is 14.5. The van der Waals surface area contributed by atoms with E-state index in [1.807, 2.05) is 24.9 Å². The highest BCUT2D eigenvalue weighted by atomic mass is 35.5. The number of rotatable bonds is 4. The van der Waals surface area contributed by atoms with Crippen molar-refractivity contribution in [2.75, 3.05) is 19.7 Å². The fourth-order valence-corrected chi connectivity index (χ4v) is 3.52. The molecule has 1 aliphatic heterocycles. The maximum atomic E-state index is 12.7. The number of piperidine rings is 1. The van der Waals surface area contributed by atoms with Crippen molar-refractivity contribution in [3.63, 3.8) is 0 Å². The van der Waals surface area contributed by atoms with E-state index in [0.717, 1.165) is 37.2 Å². The Balaban J connectivity index is 1.65. The first kappa shape index (κ1) is 17.7. The zero-order valence-corrected chi connectivity index (χ0v) is 15.3. The monoisotopic (exact) mass is 359 g/mol. The summed E-state index contributed by atoms with van der Waals surface area (Å²) in [5, 5.41) is 0.471. The molecule has 2 aromatic rings. The first-order valence-corrected chi connectivity index (χ1v) is 8.96. The van der Waals surface area contributed by atoms with Gasteiger partial charge in [0.05, 0.1) is 11.6 Å². The molecule has 0 atom stereocenters. The second kappa shape index (κ2) is 7.83. The predicted octanol–water partition coefficient (Wildman–Crippen LogP) is 3.86. The molecule has 0 N–H and O–H groups in total. The van der Waals surface area contributed by atoms with Crippen LogP contribution in [0.15, 0.2) is 30.7 Å². The maximum Gasteiger partial charge on any atom is 0.253 e. The lowest BCUT2D eigenvalue weighted by Gasteiger charge is -2.32. The lowest BCUT2D eigenvalue weighted by Crippen LogP contribution is -2.38. The summed E-state index contributed by atoms with van der Waals surface area (Å²) in [6, 6.07) is 5.23. The Hall–Kier alpha value is -2.14. The number of carbonyl (C=O) groups is 1. The molecule has 0 radical (unpaired) electrons. The highest BCUT2D eigenvalue weighted by Crippen LogP contribution is 2.30. The molecular weight excluding hydrogens is 338 g/mol. The van der Waals surface area contributed by atoms with Gasteiger partial charge in [0.2, 0.25) is 0 Å². The van der Waals surface area contributed by atoms with Crippen LogP contribution in [0.3, 0.4) is 0 Å². The third-order valence-electron chi connectivity index (χ3n) is 4.58. The maximum absolute atomic E-state index is 12.7. The highest BCUT2D eigenvalue weighted by Gasteiger charge is 2.26. The molecule has 5 nitrogen and oxygen atoms in total. The number of aromatic nitrogens is 2. The molecule has 1 aliphatic rings. The fraction of sp³-hybridized carbons (Fsp3) is 0.421. The van der Waals surface area contributed by atoms with Crippen molar-refractivity contribution in [2.45, 2.75) is 32.6 Å². The first-order chi connectivity index (χ1) is 12.1. The number of nitrogens with zero attached hydrogens (tertiary/aromatic N) is 3. The van der Waals surface area contributed by atoms with Crippen molar-refractivity contribution in [1.82, 2.24) is 14.9 Å². The molecule has 132 valence electrons. The zero-order chi connectivity index (χ0) is 17.8. The lowest BCUT2D eigenvalue weighted by molar-refractivity contribution is 0.0712. The van der Waals surface area contributed by atoms with Gasteiger partial charge in [-0.3, -0.25) is 4.79 Å². The summed E-state index contributed by atoms with van der Waals surface area (Å²) >= 11 is 6.20. The molecule has 1 fully saturated rings. The SMILES string of the molecule is CCOc1ccc(C(=O)N2CCC(c3ncncc3C)CC2)cc1Cl. The smallest absolute Gasteiger partial charge is 0.253 e. The minimum Gasteiger partial charge on any atom is -0.492 e. The van der Waals surface area contributed by atoms with Gasteiger partial charge in [-0.2, -0.15) is 0 Å². The largest absolute Gasteiger partial charge is 0.492 e. The van der Waals surface area contributed by atoms with Gasteiger partial charge >= 0.3 is 0 Å². The van der Waals surface area contributed by atoms with E-state index in [4.69, 9.17) is 16.3 Å². The Bertz CT molecular complexity index is 758. The number of hydrogen-bond donors (Lipinski definition) is 0. The molecule has 1 aromatic carbocycles. The van der Waals surface area contributed by atoms with Gasteiger partial charge in [0.1, 0.15) is 12.1 Å². The van der Waals surface area contributed by atoms with Crippen LogP contribution < -0.4 is 4.74 Å². The van der Waals surface area contributed by atoms with E-state index in [0.29, 0.717) is 28.9 Å². The van der Waals surface area contributed by atoms with Gasteiger partial charge in [0.25, 0.3) is 5.91 Å². The third kappa shape index (κ3) is 3.93. The molecule has 0 bridgehead atoms. The van der Waals surface area contributed by atoms with E-state index in [1.54, 1.807) is 24.5 Å². The average Bonchev–Trinajstić information content (AvgIpc) is 2.63. The Morgan fingerprint density at radius 2 is 2.12 bits per heavy atom. The molecule has 0 aliphatic carbocycles. The van der Waals surface area contributed by atoms with Crippen LogP contribution in [0.25, 0.3) is 0 Å². The van der Waals surface area contributed by atoms with E-state index >= 15 is 0 Å². The van der Waals surface area contributed by atoms with Gasteiger partial charge < -0.3 is 9.64 Å². The number of carbonyl (C=O) groups excluding carboxylic acids is 1. The van der Waals surface area contributed by atoms with Crippen LogP contribution in [0.4, 0.5) is 0 Å². The van der Waals surface area contributed by atoms with E-state index in [-0.39, 0.29) is 5.91 Å². The molecule has 0 spiro atoms. The predicted molar refractivity (Wildman–Crippen MR) is 97.3 cm³/mol. The van der Waals surface area contributed by atoms with E-state index in [2.05, 4.69) is 9.97 Å². The summed E-state index contributed by atoms with van der Waals surface area (Å²) in [4.78, 5) is 23.1. The number of halogens is 1. The second-order valence-corrected chi connectivity index (χ2v) is 6.64. The molecule has 6 heteroatoms. The Kier molecular flexibility index (Phi) is 5.53. The summed E-state index contributed by atoms with van der Waals surface area (Å²) in [5.41, 5.74) is 2.82. The van der Waals surface area contributed by atoms with Crippen molar-refractivity contribution < 1.29 is 9.53 Å². The van der Waals surface area contributed by atoms with E-state index < -0.39 is 0 Å². The Morgan fingerprint density at radius 3 is 2.76 bits per heavy atom. The van der Waals surface area contributed by atoms with Crippen LogP contribution in [0.2, 0.25) is 5.02 Å². The van der Waals surface area contributed by atoms with Gasteiger partial charge in [-0.15, -0.1) is 0 Å². The highest BCUT2D eigenvalue weighted by molar-refractivity contribution is 6.32. The second-order valence-electron chi connectivity index (χ2n) is 6.24. The minimum atomic E-state index is 0.0165. The van der Waals surface area contributed by atoms with E-state index in [1.165, 1.54) is 0 Å². The quantitative estimate of drug-likeness (QED) is 0.831. The van der Waals surface area contributed by atoms with Crippen LogP contribution in [-0.2, 0) is 0 Å². The lowest BCUT2D eigenvalue weighted by atomic mass is 9.91. The third-order valence-corrected chi connectivity index (χ3v) is 4.88. The summed E-state index contributed by atoms with van der Waals surface area (Å²) in [7, 11) is 0. The van der Waals surface area contributed by atoms with Crippen molar-refractivity contribution in [1.29, 1.82) is 0 Å². The average molecular weight is 360 g/mol. The number of benzene rings is 1. The van der Waals surface area contributed by atoms with Crippen LogP contribution in [-0.4, -0.2) is 40.5 Å². The summed E-state index contributed by atoms with van der Waals surface area (Å²) in [5.74, 6) is 1.01. The summed E-state index contributed by atoms with van der Waals surface area (Å²) in [6.07, 6.45) is 5.27. The molecule has 1 aromatic heterocycles. The molecule has 3 rings (SSSR count). The van der Waals surface area contributed by atoms with Crippen molar-refractivity contribution >= 4 is 17.5 Å². The fourth-order valence-electron chi connectivity index (χ4n) is 3.28. The number of hydrogen-bond acceptors (Lipinski definition) is 4. The molecular formula is C19H22ClN3O2. The normalized spacial score (nSPS) is 15.2. The van der Waals surface area contributed by atoms with Gasteiger partial charge in [-0.1, -0.05) is 11.6 Å². The molecule has 0 saturated carbocycles. The molecule has 2 heterocycles. The number of ether oxygens (including phenoxy) is 1. The van der Waals surface area contributed by atoms with Crippen molar-refractivity contribution in [2.24, 2.45) is 0 Å². The molecule has 25 heavy (non-hydrogen) atoms. The number of amides is 1. The Labute approximate surface area is 153 Å². The van der Waals surface area contributed by atoms with E-state index in [9.17, 15) is 4.79 Å². The van der Waals surface area contributed by atoms with Crippen LogP contribution in [0.1, 0.15) is 47.3 Å². The minimum absolute atomic E-state index is 0.0165. The number of aryl methyl sites for hydroxylation is 1. The topological polar surface area (TPSA) is 55.3 Å². The Morgan fingerprint density at radius 1 is 1.36 bits per heavy atom. The first-order valence-electron chi connectivity index (χ1n) is 8.58. The standard InChI is InChI=1S/C19H22ClN3O2/c1-3-25-17-5-4-15(10-16(17)20)19(24)23-8-6-14(7-9-23)18-13(2)11-21-12-22-18/h4-5,10-12,14H,3,6-9H2,1-2H3.